The molecule has 2 aromatic carbocycles. The number of imidazole rings is 1. The van der Waals surface area contributed by atoms with Crippen LogP contribution in [0.25, 0.3) is 28.0 Å². The van der Waals surface area contributed by atoms with Gasteiger partial charge in [-0.15, -0.1) is 0 Å². The number of benzene rings is 2. The molecule has 4 aromatic rings. The minimum absolute atomic E-state index is 0.749. The number of nitrogens with zero attached hydrogens (tertiary/aromatic N) is 4. The molecule has 0 bridgehead atoms. The van der Waals surface area contributed by atoms with Crippen LogP contribution >= 0.6 is 7.82 Å². The fraction of sp³-hybridized carbons (Fsp3) is 0. The highest BCUT2D eigenvalue weighted by Gasteiger charge is 2.04. The summed E-state index contributed by atoms with van der Waals surface area (Å²) in [6.45, 7) is 0. The molecule has 0 saturated heterocycles. The number of hydrogen-bond acceptors (Lipinski definition) is 4. The molecule has 26 heavy (non-hydrogen) atoms. The highest BCUT2D eigenvalue weighted by Crippen LogP contribution is 2.25. The van der Waals surface area contributed by atoms with Crippen molar-refractivity contribution in [2.24, 2.45) is 0 Å². The summed E-state index contributed by atoms with van der Waals surface area (Å²) in [4.78, 5) is 34.7. The van der Waals surface area contributed by atoms with E-state index in [0.717, 1.165) is 28.0 Å². The van der Waals surface area contributed by atoms with Gasteiger partial charge in [0.2, 0.25) is 0 Å². The Morgan fingerprint density at radius 1 is 1.00 bits per heavy atom. The van der Waals surface area contributed by atoms with Crippen LogP contribution in [0.5, 0.6) is 0 Å². The molecule has 4 rings (SSSR count). The topological polar surface area (TPSA) is 121 Å². The first kappa shape index (κ1) is 17.9. The molecule has 0 unspecified atom stereocenters. The molecule has 0 aliphatic rings. The van der Waals surface area contributed by atoms with Gasteiger partial charge in [0, 0.05) is 35.2 Å². The summed E-state index contributed by atoms with van der Waals surface area (Å²) in [7, 11) is -4.64. The van der Waals surface area contributed by atoms with E-state index < -0.39 is 7.82 Å². The summed E-state index contributed by atoms with van der Waals surface area (Å²) in [6.07, 6.45) is 7.32. The standard InChI is InChI=1S/C17H12N4.H3O4P/c1-2-4-13(5-3-1)17-19-11-14-10-15(6-7-16(14)20-17)21-9-8-18-12-21;1-5(2,3)4/h1-12H;(H3,1,2,3,4). The predicted octanol–water partition coefficient (Wildman–Crippen LogP) is 2.55. The van der Waals surface area contributed by atoms with Crippen LogP contribution in [0.2, 0.25) is 0 Å². The number of phosphoric acid groups is 1. The van der Waals surface area contributed by atoms with E-state index in [4.69, 9.17) is 19.2 Å². The van der Waals surface area contributed by atoms with Crippen molar-refractivity contribution in [1.29, 1.82) is 0 Å². The van der Waals surface area contributed by atoms with Gasteiger partial charge in [0.1, 0.15) is 0 Å². The Balaban J connectivity index is 0.000000349. The quantitative estimate of drug-likeness (QED) is 0.464. The zero-order chi connectivity index (χ0) is 18.6. The van der Waals surface area contributed by atoms with Gasteiger partial charge in [0.05, 0.1) is 11.8 Å². The van der Waals surface area contributed by atoms with Crippen LogP contribution in [-0.2, 0) is 4.57 Å². The van der Waals surface area contributed by atoms with Crippen molar-refractivity contribution in [2.75, 3.05) is 0 Å². The maximum atomic E-state index is 8.88. The molecule has 0 radical (unpaired) electrons. The maximum Gasteiger partial charge on any atom is 0.466 e. The third kappa shape index (κ3) is 4.81. The molecule has 0 aliphatic heterocycles. The lowest BCUT2D eigenvalue weighted by atomic mass is 10.2. The minimum Gasteiger partial charge on any atom is -0.306 e. The van der Waals surface area contributed by atoms with Gasteiger partial charge in [-0.25, -0.2) is 19.5 Å². The van der Waals surface area contributed by atoms with E-state index in [1.165, 1.54) is 0 Å². The smallest absolute Gasteiger partial charge is 0.306 e. The second kappa shape index (κ2) is 7.55. The Morgan fingerprint density at radius 2 is 1.73 bits per heavy atom. The molecule has 0 fully saturated rings. The largest absolute Gasteiger partial charge is 0.466 e. The average Bonchev–Trinajstić information content (AvgIpc) is 3.15. The first-order chi connectivity index (χ1) is 12.4. The Bertz CT molecular complexity index is 1040. The summed E-state index contributed by atoms with van der Waals surface area (Å²) >= 11 is 0. The molecule has 0 saturated carbocycles. The van der Waals surface area contributed by atoms with E-state index in [-0.39, 0.29) is 0 Å². The van der Waals surface area contributed by atoms with Crippen LogP contribution in [0.15, 0.2) is 73.4 Å². The Hall–Kier alpha value is -2.90. The van der Waals surface area contributed by atoms with Gasteiger partial charge in [-0.3, -0.25) is 0 Å². The lowest BCUT2D eigenvalue weighted by Gasteiger charge is -2.05. The molecule has 8 nitrogen and oxygen atoms in total. The Labute approximate surface area is 148 Å². The summed E-state index contributed by atoms with van der Waals surface area (Å²) in [5.41, 5.74) is 3.02. The summed E-state index contributed by atoms with van der Waals surface area (Å²) in [5.74, 6) is 0.749. The van der Waals surface area contributed by atoms with Crippen molar-refractivity contribution in [3.63, 3.8) is 0 Å². The van der Waals surface area contributed by atoms with Crippen LogP contribution in [0, 0.1) is 0 Å². The molecule has 0 atom stereocenters. The van der Waals surface area contributed by atoms with E-state index in [0.29, 0.717) is 0 Å². The molecular weight excluding hydrogens is 355 g/mol. The molecular formula is C17H15N4O4P. The van der Waals surface area contributed by atoms with Gasteiger partial charge in [-0.2, -0.15) is 0 Å². The van der Waals surface area contributed by atoms with Gasteiger partial charge in [-0.1, -0.05) is 30.3 Å². The SMILES string of the molecule is O=P(O)(O)O.c1ccc(-c2ncc3cc(-n4ccnc4)ccc3n2)cc1. The lowest BCUT2D eigenvalue weighted by Crippen LogP contribution is -1.93. The third-order valence-electron chi connectivity index (χ3n) is 3.40. The van der Waals surface area contributed by atoms with Crippen molar-refractivity contribution in [1.82, 2.24) is 19.5 Å². The van der Waals surface area contributed by atoms with Crippen molar-refractivity contribution in [3.05, 3.63) is 73.4 Å². The molecule has 9 heteroatoms. The van der Waals surface area contributed by atoms with E-state index in [1.54, 1.807) is 12.5 Å². The van der Waals surface area contributed by atoms with E-state index in [2.05, 4.69) is 21.0 Å². The first-order valence-electron chi connectivity index (χ1n) is 7.49. The van der Waals surface area contributed by atoms with E-state index >= 15 is 0 Å². The highest BCUT2D eigenvalue weighted by atomic mass is 31.2. The van der Waals surface area contributed by atoms with E-state index in [1.807, 2.05) is 59.4 Å². The number of fused-ring (bicyclic) bond motifs is 1. The van der Waals surface area contributed by atoms with Gasteiger partial charge < -0.3 is 19.2 Å². The molecule has 0 spiro atoms. The van der Waals surface area contributed by atoms with Crippen molar-refractivity contribution in [2.45, 2.75) is 0 Å². The molecule has 2 aromatic heterocycles. The third-order valence-corrected chi connectivity index (χ3v) is 3.40. The summed E-state index contributed by atoms with van der Waals surface area (Å²) in [5, 5.41) is 1.01. The maximum absolute atomic E-state index is 8.88. The van der Waals surface area contributed by atoms with Crippen LogP contribution in [0.4, 0.5) is 0 Å². The van der Waals surface area contributed by atoms with Gasteiger partial charge in [0.25, 0.3) is 0 Å². The van der Waals surface area contributed by atoms with Crippen LogP contribution < -0.4 is 0 Å². The number of hydrogen-bond donors (Lipinski definition) is 3. The lowest BCUT2D eigenvalue weighted by molar-refractivity contribution is 0.275. The van der Waals surface area contributed by atoms with E-state index in [9.17, 15) is 0 Å². The fourth-order valence-corrected chi connectivity index (χ4v) is 2.32. The molecule has 3 N–H and O–H groups in total. The molecule has 0 amide bonds. The van der Waals surface area contributed by atoms with Crippen LogP contribution in [0.3, 0.4) is 0 Å². The molecule has 2 heterocycles. The summed E-state index contributed by atoms with van der Waals surface area (Å²) < 4.78 is 10.8. The fourth-order valence-electron chi connectivity index (χ4n) is 2.32. The van der Waals surface area contributed by atoms with Crippen LogP contribution in [-0.4, -0.2) is 34.2 Å². The summed E-state index contributed by atoms with van der Waals surface area (Å²) in [6, 6.07) is 16.1. The monoisotopic (exact) mass is 370 g/mol. The first-order valence-corrected chi connectivity index (χ1v) is 9.05. The van der Waals surface area contributed by atoms with Crippen molar-refractivity contribution in [3.8, 4) is 17.1 Å². The highest BCUT2D eigenvalue weighted by molar-refractivity contribution is 7.45. The average molecular weight is 370 g/mol. The normalized spacial score (nSPS) is 11.0. The number of aromatic nitrogens is 4. The Kier molecular flexibility index (Phi) is 5.20. The van der Waals surface area contributed by atoms with Gasteiger partial charge in [-0.05, 0) is 18.2 Å². The molecule has 132 valence electrons. The number of rotatable bonds is 2. The Morgan fingerprint density at radius 3 is 2.38 bits per heavy atom. The molecule has 0 aliphatic carbocycles. The predicted molar refractivity (Wildman–Crippen MR) is 96.4 cm³/mol. The van der Waals surface area contributed by atoms with Gasteiger partial charge in [0.15, 0.2) is 5.82 Å². The second-order valence-corrected chi connectivity index (χ2v) is 6.31. The van der Waals surface area contributed by atoms with Crippen LogP contribution in [0.1, 0.15) is 0 Å². The van der Waals surface area contributed by atoms with Gasteiger partial charge >= 0.3 is 7.82 Å². The minimum atomic E-state index is -4.64. The second-order valence-electron chi connectivity index (χ2n) is 5.29. The zero-order valence-corrected chi connectivity index (χ0v) is 14.3. The van der Waals surface area contributed by atoms with Crippen molar-refractivity contribution < 1.29 is 19.2 Å². The van der Waals surface area contributed by atoms with Crippen molar-refractivity contribution >= 4 is 18.7 Å². The zero-order valence-electron chi connectivity index (χ0n) is 13.4.